The molecule has 9 heteroatoms. The predicted octanol–water partition coefficient (Wildman–Crippen LogP) is -2.49. The molecular weight excluding hydrogens is 301 g/mol. The van der Waals surface area contributed by atoms with Gasteiger partial charge in [-0.3, -0.25) is 4.57 Å². The van der Waals surface area contributed by atoms with E-state index in [-0.39, 0.29) is 23.3 Å². The number of carboxylic acids is 1. The van der Waals surface area contributed by atoms with Gasteiger partial charge in [-0.15, -0.1) is 0 Å². The van der Waals surface area contributed by atoms with Crippen molar-refractivity contribution in [3.05, 3.63) is 0 Å². The molecule has 1 heterocycles. The van der Waals surface area contributed by atoms with E-state index in [1.165, 1.54) is 0 Å². The summed E-state index contributed by atoms with van der Waals surface area (Å²) >= 11 is 4.07. The summed E-state index contributed by atoms with van der Waals surface area (Å²) in [6, 6.07) is 0. The maximum atomic E-state index is 11.7. The normalized spacial score (nSPS) is 32.7. The second-order valence-electron chi connectivity index (χ2n) is 4.69. The fourth-order valence-electron chi connectivity index (χ4n) is 2.73. The van der Waals surface area contributed by atoms with Gasteiger partial charge in [0.05, 0.1) is 20.1 Å². The molecule has 0 aliphatic carbocycles. The molecule has 0 saturated carbocycles. The standard InChI is InChI=1S/C9H18NO5PS.ClH/c1-10(6-7-17)5-3-2-4-9(10,8(11)12)16(13,14)15;/h2-7H2,1H3,(H3-,11,12,13,14,15,17);1H. The number of rotatable bonds is 4. The number of piperidine rings is 1. The molecule has 3 N–H and O–H groups in total. The zero-order chi connectivity index (χ0) is 13.3. The molecule has 6 nitrogen and oxygen atoms in total. The van der Waals surface area contributed by atoms with Crippen molar-refractivity contribution in [1.29, 1.82) is 0 Å². The number of likely N-dealkylation sites (N-methyl/N-ethyl adjacent to an activating group) is 1. The average molecular weight is 320 g/mol. The fourth-order valence-corrected chi connectivity index (χ4v) is 4.70. The van der Waals surface area contributed by atoms with E-state index in [0.717, 1.165) is 6.42 Å². The van der Waals surface area contributed by atoms with E-state index >= 15 is 0 Å². The van der Waals surface area contributed by atoms with E-state index in [9.17, 15) is 24.3 Å². The Labute approximate surface area is 118 Å². The third-order valence-corrected chi connectivity index (χ3v) is 5.80. The summed E-state index contributed by atoms with van der Waals surface area (Å²) < 4.78 is 11.6. The molecule has 0 amide bonds. The van der Waals surface area contributed by atoms with E-state index in [1.807, 2.05) is 0 Å². The zero-order valence-corrected chi connectivity index (χ0v) is 12.7. The summed E-state index contributed by atoms with van der Waals surface area (Å²) in [4.78, 5) is 30.5. The van der Waals surface area contributed by atoms with Crippen LogP contribution in [-0.4, -0.2) is 56.5 Å². The Morgan fingerprint density at radius 1 is 1.44 bits per heavy atom. The summed E-state index contributed by atoms with van der Waals surface area (Å²) in [6.07, 6.45) is 1.31. The number of nitrogens with zero attached hydrogens (tertiary/aromatic N) is 1. The molecule has 1 rings (SSSR count). The molecule has 2 atom stereocenters. The highest BCUT2D eigenvalue weighted by atomic mass is 35.5. The van der Waals surface area contributed by atoms with Crippen molar-refractivity contribution >= 4 is 26.2 Å². The molecule has 1 saturated heterocycles. The number of likely N-dealkylation sites (tertiary alicyclic amines) is 1. The number of hydrogen-bond acceptors (Lipinski definition) is 3. The van der Waals surface area contributed by atoms with Crippen molar-refractivity contribution in [2.45, 2.75) is 24.5 Å². The lowest BCUT2D eigenvalue weighted by Gasteiger charge is -2.50. The molecule has 18 heavy (non-hydrogen) atoms. The largest absolute Gasteiger partial charge is 1.00 e. The monoisotopic (exact) mass is 319 g/mol. The number of quaternary nitrogens is 1. The van der Waals surface area contributed by atoms with Gasteiger partial charge in [-0.1, -0.05) is 0 Å². The summed E-state index contributed by atoms with van der Waals surface area (Å²) in [7, 11) is -3.14. The third kappa shape index (κ3) is 2.71. The van der Waals surface area contributed by atoms with Crippen LogP contribution < -0.4 is 12.4 Å². The molecule has 1 fully saturated rings. The van der Waals surface area contributed by atoms with Crippen LogP contribution in [-0.2, 0) is 9.36 Å². The highest BCUT2D eigenvalue weighted by molar-refractivity contribution is 7.80. The van der Waals surface area contributed by atoms with E-state index < -0.39 is 18.8 Å². The van der Waals surface area contributed by atoms with Crippen LogP contribution in [0.1, 0.15) is 19.3 Å². The Hall–Kier alpha value is 0.220. The first kappa shape index (κ1) is 18.2. The fraction of sp³-hybridized carbons (Fsp3) is 0.889. The van der Waals surface area contributed by atoms with Crippen LogP contribution in [0.15, 0.2) is 0 Å². The van der Waals surface area contributed by atoms with Gasteiger partial charge in [0.2, 0.25) is 0 Å². The lowest BCUT2D eigenvalue weighted by Crippen LogP contribution is -3.00. The zero-order valence-electron chi connectivity index (χ0n) is 10.1. The molecule has 0 aromatic rings. The molecule has 0 bridgehead atoms. The molecule has 0 aromatic carbocycles. The first-order valence-corrected chi connectivity index (χ1v) is 7.70. The Morgan fingerprint density at radius 3 is 2.39 bits per heavy atom. The van der Waals surface area contributed by atoms with Crippen molar-refractivity contribution in [3.63, 3.8) is 0 Å². The van der Waals surface area contributed by atoms with Crippen LogP contribution in [0.4, 0.5) is 0 Å². The number of hydrogen-bond donors (Lipinski definition) is 4. The van der Waals surface area contributed by atoms with Crippen molar-refractivity contribution < 1.29 is 41.1 Å². The lowest BCUT2D eigenvalue weighted by atomic mass is 9.98. The number of carboxylic acid groups (broad SMARTS) is 1. The van der Waals surface area contributed by atoms with Crippen LogP contribution in [0.2, 0.25) is 0 Å². The van der Waals surface area contributed by atoms with Gasteiger partial charge in [0.1, 0.15) is 0 Å². The third-order valence-electron chi connectivity index (χ3n) is 3.74. The van der Waals surface area contributed by atoms with Crippen molar-refractivity contribution in [3.8, 4) is 0 Å². The molecule has 2 unspecified atom stereocenters. The second kappa shape index (κ2) is 6.11. The van der Waals surface area contributed by atoms with E-state index in [0.29, 0.717) is 25.3 Å². The highest BCUT2D eigenvalue weighted by Crippen LogP contribution is 2.59. The predicted molar refractivity (Wildman–Crippen MR) is 66.0 cm³/mol. The minimum Gasteiger partial charge on any atom is -1.00 e. The average Bonchev–Trinajstić information content (AvgIpc) is 2.15. The van der Waals surface area contributed by atoms with Gasteiger partial charge in [0.15, 0.2) is 0 Å². The Balaban J connectivity index is 0.00000289. The van der Waals surface area contributed by atoms with Gasteiger partial charge in [0.25, 0.3) is 5.28 Å². The molecule has 0 radical (unpaired) electrons. The Morgan fingerprint density at radius 2 is 2.00 bits per heavy atom. The summed E-state index contributed by atoms with van der Waals surface area (Å²) in [6.45, 7) is 0.790. The van der Waals surface area contributed by atoms with Crippen LogP contribution in [0, 0.1) is 0 Å². The van der Waals surface area contributed by atoms with Gasteiger partial charge in [-0.05, 0) is 12.8 Å². The number of thiol groups is 1. The minimum absolute atomic E-state index is 0. The smallest absolute Gasteiger partial charge is 0.397 e. The first-order chi connectivity index (χ1) is 7.71. The molecule has 1 aliphatic rings. The van der Waals surface area contributed by atoms with E-state index in [2.05, 4.69) is 12.6 Å². The van der Waals surface area contributed by atoms with Crippen LogP contribution in [0.3, 0.4) is 0 Å². The lowest BCUT2D eigenvalue weighted by molar-refractivity contribution is -0.939. The van der Waals surface area contributed by atoms with Crippen LogP contribution >= 0.6 is 20.2 Å². The number of carbonyl (C=O) groups is 1. The molecule has 1 aliphatic heterocycles. The van der Waals surface area contributed by atoms with Crippen molar-refractivity contribution in [2.24, 2.45) is 0 Å². The highest BCUT2D eigenvalue weighted by Gasteiger charge is 2.67. The molecule has 0 spiro atoms. The van der Waals surface area contributed by atoms with Gasteiger partial charge >= 0.3 is 13.6 Å². The number of halogens is 1. The summed E-state index contributed by atoms with van der Waals surface area (Å²) in [5.41, 5.74) is 0. The molecule has 108 valence electrons. The quantitative estimate of drug-likeness (QED) is 0.261. The Bertz CT molecular complexity index is 361. The van der Waals surface area contributed by atoms with Gasteiger partial charge in [-0.25, -0.2) is 4.79 Å². The first-order valence-electron chi connectivity index (χ1n) is 5.46. The van der Waals surface area contributed by atoms with Crippen LogP contribution in [0.5, 0.6) is 0 Å². The maximum Gasteiger partial charge on any atom is 0.397 e. The summed E-state index contributed by atoms with van der Waals surface area (Å²) in [5, 5.41) is 7.35. The molecule has 0 aromatic heterocycles. The van der Waals surface area contributed by atoms with Gasteiger partial charge in [-0.2, -0.15) is 12.6 Å². The minimum atomic E-state index is -4.74. The van der Waals surface area contributed by atoms with E-state index in [4.69, 9.17) is 0 Å². The van der Waals surface area contributed by atoms with E-state index in [1.54, 1.807) is 7.05 Å². The van der Waals surface area contributed by atoms with Crippen molar-refractivity contribution in [1.82, 2.24) is 0 Å². The second-order valence-corrected chi connectivity index (χ2v) is 6.96. The Kier molecular flexibility index (Phi) is 6.19. The topological polar surface area (TPSA) is 94.8 Å². The number of aliphatic carboxylic acids is 1. The van der Waals surface area contributed by atoms with Crippen LogP contribution in [0.25, 0.3) is 0 Å². The van der Waals surface area contributed by atoms with Crippen molar-refractivity contribution in [2.75, 3.05) is 25.9 Å². The van der Waals surface area contributed by atoms with Gasteiger partial charge < -0.3 is 31.8 Å². The molecular formula is C9H19ClNO5PS. The SMILES string of the molecule is C[N+]1(CCS)CCCCC1(C(=O)O)P(=O)(O)O.[Cl-]. The maximum absolute atomic E-state index is 11.7. The van der Waals surface area contributed by atoms with Gasteiger partial charge in [0, 0.05) is 12.2 Å². The summed E-state index contributed by atoms with van der Waals surface area (Å²) in [5.74, 6) is -1.01.